The SMILES string of the molecule is Cc1cc(S(=O)(=O)NC(C)CC(F)(F)F)ccc1N. The molecular weight excluding hydrogens is 281 g/mol. The molecule has 3 N–H and O–H groups in total. The van der Waals surface area contributed by atoms with Crippen LogP contribution in [-0.2, 0) is 10.0 Å². The van der Waals surface area contributed by atoms with Crippen molar-refractivity contribution >= 4 is 15.7 Å². The molecule has 0 saturated heterocycles. The van der Waals surface area contributed by atoms with Gasteiger partial charge in [-0.25, -0.2) is 13.1 Å². The van der Waals surface area contributed by atoms with E-state index in [1.807, 2.05) is 4.72 Å². The van der Waals surface area contributed by atoms with Crippen LogP contribution in [0.2, 0.25) is 0 Å². The molecule has 0 spiro atoms. The van der Waals surface area contributed by atoms with Gasteiger partial charge in [-0.1, -0.05) is 0 Å². The lowest BCUT2D eigenvalue weighted by Gasteiger charge is -2.16. The van der Waals surface area contributed by atoms with Crippen LogP contribution in [-0.4, -0.2) is 20.6 Å². The summed E-state index contributed by atoms with van der Waals surface area (Å²) in [7, 11) is -3.98. The first-order valence-electron chi connectivity index (χ1n) is 5.46. The van der Waals surface area contributed by atoms with E-state index in [0.717, 1.165) is 6.92 Å². The molecule has 4 nitrogen and oxygen atoms in total. The van der Waals surface area contributed by atoms with Crippen LogP contribution in [0.5, 0.6) is 0 Å². The van der Waals surface area contributed by atoms with Gasteiger partial charge in [-0.15, -0.1) is 0 Å². The van der Waals surface area contributed by atoms with Crippen LogP contribution in [0.1, 0.15) is 18.9 Å². The van der Waals surface area contributed by atoms with Gasteiger partial charge in [0.1, 0.15) is 0 Å². The molecule has 0 fully saturated rings. The number of nitrogens with two attached hydrogens (primary N) is 1. The smallest absolute Gasteiger partial charge is 0.390 e. The third-order valence-corrected chi connectivity index (χ3v) is 4.03. The summed E-state index contributed by atoms with van der Waals surface area (Å²) in [5, 5.41) is 0. The average Bonchev–Trinajstić information content (AvgIpc) is 2.17. The molecule has 0 aliphatic carbocycles. The summed E-state index contributed by atoms with van der Waals surface area (Å²) in [4.78, 5) is -0.103. The lowest BCUT2D eigenvalue weighted by atomic mass is 10.2. The lowest BCUT2D eigenvalue weighted by Crippen LogP contribution is -2.35. The number of hydrogen-bond acceptors (Lipinski definition) is 3. The van der Waals surface area contributed by atoms with Crippen LogP contribution in [0, 0.1) is 6.92 Å². The van der Waals surface area contributed by atoms with Crippen molar-refractivity contribution in [3.05, 3.63) is 23.8 Å². The van der Waals surface area contributed by atoms with Crippen LogP contribution in [0.25, 0.3) is 0 Å². The highest BCUT2D eigenvalue weighted by Crippen LogP contribution is 2.23. The van der Waals surface area contributed by atoms with Crippen molar-refractivity contribution in [1.82, 2.24) is 4.72 Å². The van der Waals surface area contributed by atoms with Crippen molar-refractivity contribution in [3.8, 4) is 0 Å². The number of hydrogen-bond donors (Lipinski definition) is 2. The van der Waals surface area contributed by atoms with E-state index in [4.69, 9.17) is 5.73 Å². The van der Waals surface area contributed by atoms with Gasteiger partial charge in [-0.2, -0.15) is 13.2 Å². The number of anilines is 1. The van der Waals surface area contributed by atoms with Gasteiger partial charge < -0.3 is 5.73 Å². The Morgan fingerprint density at radius 2 is 1.95 bits per heavy atom. The molecule has 19 heavy (non-hydrogen) atoms. The Hall–Kier alpha value is -1.28. The Balaban J connectivity index is 2.89. The highest BCUT2D eigenvalue weighted by atomic mass is 32.2. The summed E-state index contributed by atoms with van der Waals surface area (Å²) in [6.45, 7) is 2.78. The minimum Gasteiger partial charge on any atom is -0.399 e. The minimum absolute atomic E-state index is 0.103. The van der Waals surface area contributed by atoms with E-state index in [2.05, 4.69) is 0 Å². The maximum Gasteiger partial charge on any atom is 0.390 e. The van der Waals surface area contributed by atoms with Gasteiger partial charge in [0.15, 0.2) is 0 Å². The second-order valence-electron chi connectivity index (χ2n) is 4.36. The van der Waals surface area contributed by atoms with Crippen molar-refractivity contribution in [2.24, 2.45) is 0 Å². The first-order valence-corrected chi connectivity index (χ1v) is 6.95. The van der Waals surface area contributed by atoms with Gasteiger partial charge in [0.2, 0.25) is 10.0 Å². The predicted molar refractivity (Wildman–Crippen MR) is 66.0 cm³/mol. The van der Waals surface area contributed by atoms with Crippen LogP contribution >= 0.6 is 0 Å². The Kier molecular flexibility index (Phi) is 4.46. The molecule has 0 aliphatic heterocycles. The number of halogens is 3. The quantitative estimate of drug-likeness (QED) is 0.837. The number of alkyl halides is 3. The first-order chi connectivity index (χ1) is 8.51. The highest BCUT2D eigenvalue weighted by Gasteiger charge is 2.32. The van der Waals surface area contributed by atoms with Gasteiger partial charge in [0.05, 0.1) is 11.3 Å². The topological polar surface area (TPSA) is 72.2 Å². The Bertz CT molecular complexity index is 556. The Labute approximate surface area is 109 Å². The van der Waals surface area contributed by atoms with Crippen LogP contribution < -0.4 is 10.5 Å². The first kappa shape index (κ1) is 15.8. The fourth-order valence-corrected chi connectivity index (χ4v) is 2.87. The van der Waals surface area contributed by atoms with Crippen molar-refractivity contribution < 1.29 is 21.6 Å². The molecule has 0 amide bonds. The zero-order chi connectivity index (χ0) is 14.8. The van der Waals surface area contributed by atoms with Crippen molar-refractivity contribution in [3.63, 3.8) is 0 Å². The number of rotatable bonds is 4. The average molecular weight is 296 g/mol. The van der Waals surface area contributed by atoms with E-state index in [9.17, 15) is 21.6 Å². The Morgan fingerprint density at radius 1 is 1.37 bits per heavy atom. The van der Waals surface area contributed by atoms with Crippen LogP contribution in [0.15, 0.2) is 23.1 Å². The normalized spacial score (nSPS) is 14.4. The second-order valence-corrected chi connectivity index (χ2v) is 6.07. The van der Waals surface area contributed by atoms with E-state index in [-0.39, 0.29) is 4.90 Å². The molecule has 1 aromatic carbocycles. The van der Waals surface area contributed by atoms with E-state index in [1.165, 1.54) is 18.2 Å². The molecule has 108 valence electrons. The van der Waals surface area contributed by atoms with Gasteiger partial charge >= 0.3 is 6.18 Å². The van der Waals surface area contributed by atoms with Gasteiger partial charge in [0.25, 0.3) is 0 Å². The molecule has 0 radical (unpaired) electrons. The van der Waals surface area contributed by atoms with E-state index >= 15 is 0 Å². The maximum absolute atomic E-state index is 12.1. The number of aryl methyl sites for hydroxylation is 1. The lowest BCUT2D eigenvalue weighted by molar-refractivity contribution is -0.137. The molecular formula is C11H15F3N2O2S. The molecule has 1 unspecified atom stereocenters. The highest BCUT2D eigenvalue weighted by molar-refractivity contribution is 7.89. The molecule has 1 atom stereocenters. The second kappa shape index (κ2) is 5.38. The van der Waals surface area contributed by atoms with Gasteiger partial charge in [0, 0.05) is 11.7 Å². The number of nitrogens with one attached hydrogen (secondary N) is 1. The van der Waals surface area contributed by atoms with Gasteiger partial charge in [-0.05, 0) is 37.6 Å². The number of sulfonamides is 1. The predicted octanol–water partition coefficient (Wildman–Crippen LogP) is 2.20. The monoisotopic (exact) mass is 296 g/mol. The summed E-state index contributed by atoms with van der Waals surface area (Å²) in [5.74, 6) is 0. The zero-order valence-corrected chi connectivity index (χ0v) is 11.3. The van der Waals surface area contributed by atoms with Crippen LogP contribution in [0.4, 0.5) is 18.9 Å². The zero-order valence-electron chi connectivity index (χ0n) is 10.5. The molecule has 0 bridgehead atoms. The van der Waals surface area contributed by atoms with Crippen LogP contribution in [0.3, 0.4) is 0 Å². The molecule has 0 saturated carbocycles. The third-order valence-electron chi connectivity index (χ3n) is 2.45. The van der Waals surface area contributed by atoms with E-state index in [0.29, 0.717) is 11.3 Å². The molecule has 8 heteroatoms. The number of nitrogen functional groups attached to an aromatic ring is 1. The third kappa shape index (κ3) is 4.71. The fraction of sp³-hybridized carbons (Fsp3) is 0.455. The molecule has 1 aromatic rings. The summed E-state index contributed by atoms with van der Waals surface area (Å²) in [5.41, 5.74) is 6.52. The fourth-order valence-electron chi connectivity index (χ4n) is 1.54. The van der Waals surface area contributed by atoms with Crippen molar-refractivity contribution in [2.75, 3.05) is 5.73 Å². The maximum atomic E-state index is 12.1. The van der Waals surface area contributed by atoms with Gasteiger partial charge in [-0.3, -0.25) is 0 Å². The summed E-state index contributed by atoms with van der Waals surface area (Å²) >= 11 is 0. The van der Waals surface area contributed by atoms with Crippen molar-refractivity contribution in [1.29, 1.82) is 0 Å². The molecule has 0 aromatic heterocycles. The summed E-state index contributed by atoms with van der Waals surface area (Å²) < 4.78 is 62.2. The van der Waals surface area contributed by atoms with E-state index < -0.39 is 28.7 Å². The standard InChI is InChI=1S/C11H15F3N2O2S/c1-7-5-9(3-4-10(7)15)19(17,18)16-8(2)6-11(12,13)14/h3-5,8,16H,6,15H2,1-2H3. The van der Waals surface area contributed by atoms with E-state index in [1.54, 1.807) is 6.92 Å². The summed E-state index contributed by atoms with van der Waals surface area (Å²) in [6, 6.07) is 2.74. The Morgan fingerprint density at radius 3 is 2.42 bits per heavy atom. The number of benzene rings is 1. The summed E-state index contributed by atoms with van der Waals surface area (Å²) in [6.07, 6.45) is -5.64. The van der Waals surface area contributed by atoms with Crippen molar-refractivity contribution in [2.45, 2.75) is 37.4 Å². The molecule has 1 rings (SSSR count). The minimum atomic E-state index is -4.42. The largest absolute Gasteiger partial charge is 0.399 e. The molecule has 0 aliphatic rings. The molecule has 0 heterocycles.